The van der Waals surface area contributed by atoms with Crippen molar-refractivity contribution in [3.05, 3.63) is 52.7 Å². The lowest BCUT2D eigenvalue weighted by molar-refractivity contribution is 0.471. The molecule has 0 aliphatic rings. The maximum Gasteiger partial charge on any atom is 0.220 e. The Kier molecular flexibility index (Phi) is 3.26. The number of aryl methyl sites for hydroxylation is 1. The largest absolute Gasteiger partial charge is 0.504 e. The minimum Gasteiger partial charge on any atom is -0.504 e. The van der Waals surface area contributed by atoms with Gasteiger partial charge in [-0.3, -0.25) is 4.79 Å². The summed E-state index contributed by atoms with van der Waals surface area (Å²) in [6.45, 7) is 3.62. The number of hydrogen-bond donors (Lipinski definition) is 1. The van der Waals surface area contributed by atoms with E-state index in [1.54, 1.807) is 12.1 Å². The fourth-order valence-corrected chi connectivity index (χ4v) is 1.03. The molecule has 0 unspecified atom stereocenters. The van der Waals surface area contributed by atoms with E-state index >= 15 is 0 Å². The Balaban J connectivity index is 2.95. The zero-order chi connectivity index (χ0) is 9.68. The van der Waals surface area contributed by atoms with Gasteiger partial charge in [0.25, 0.3) is 0 Å². The Labute approximate surface area is 77.2 Å². The zero-order valence-electron chi connectivity index (χ0n) is 7.36. The quantitative estimate of drug-likeness (QED) is 0.714. The van der Waals surface area contributed by atoms with E-state index in [4.69, 9.17) is 5.11 Å². The summed E-state index contributed by atoms with van der Waals surface area (Å²) in [6, 6.07) is 6.29. The Bertz CT molecular complexity index is 356. The Morgan fingerprint density at radius 2 is 2.00 bits per heavy atom. The third kappa shape index (κ3) is 2.75. The van der Waals surface area contributed by atoms with Crippen LogP contribution in [0.25, 0.3) is 0 Å². The molecule has 2 heteroatoms. The predicted molar refractivity (Wildman–Crippen MR) is 52.9 cm³/mol. The molecule has 0 aliphatic carbocycles. The van der Waals surface area contributed by atoms with E-state index < -0.39 is 0 Å². The highest BCUT2D eigenvalue weighted by Gasteiger charge is 1.93. The zero-order valence-corrected chi connectivity index (χ0v) is 7.36. The van der Waals surface area contributed by atoms with Crippen LogP contribution in [0.3, 0.4) is 0 Å². The summed E-state index contributed by atoms with van der Waals surface area (Å²) in [7, 11) is 0. The highest BCUT2D eigenvalue weighted by molar-refractivity contribution is 5.23. The van der Waals surface area contributed by atoms with Gasteiger partial charge in [0.1, 0.15) is 0 Å². The van der Waals surface area contributed by atoms with Crippen LogP contribution in [-0.4, -0.2) is 5.11 Å². The minimum absolute atomic E-state index is 0.204. The SMILES string of the molecule is C=CCCc1ccc(O)c(=O)cc1. The lowest BCUT2D eigenvalue weighted by Gasteiger charge is -1.91. The van der Waals surface area contributed by atoms with Crippen molar-refractivity contribution in [3.63, 3.8) is 0 Å². The number of rotatable bonds is 3. The van der Waals surface area contributed by atoms with E-state index in [0.29, 0.717) is 0 Å². The van der Waals surface area contributed by atoms with E-state index in [9.17, 15) is 4.79 Å². The second-order valence-corrected chi connectivity index (χ2v) is 2.82. The second kappa shape index (κ2) is 4.45. The van der Waals surface area contributed by atoms with Gasteiger partial charge in [-0.15, -0.1) is 6.58 Å². The molecule has 68 valence electrons. The number of allylic oxidation sites excluding steroid dienone is 1. The molecule has 0 aliphatic heterocycles. The molecule has 0 aromatic heterocycles. The third-order valence-corrected chi connectivity index (χ3v) is 1.79. The van der Waals surface area contributed by atoms with Crippen molar-refractivity contribution in [2.45, 2.75) is 12.8 Å². The fourth-order valence-electron chi connectivity index (χ4n) is 1.03. The topological polar surface area (TPSA) is 37.3 Å². The van der Waals surface area contributed by atoms with Crippen molar-refractivity contribution in [2.24, 2.45) is 0 Å². The number of aromatic hydroxyl groups is 1. The Hall–Kier alpha value is -1.57. The average Bonchev–Trinajstić information content (AvgIpc) is 2.29. The van der Waals surface area contributed by atoms with E-state index in [2.05, 4.69) is 6.58 Å². The first-order chi connectivity index (χ1) is 6.24. The van der Waals surface area contributed by atoms with Gasteiger partial charge in [-0.25, -0.2) is 0 Å². The van der Waals surface area contributed by atoms with Crippen molar-refractivity contribution >= 4 is 0 Å². The molecule has 0 saturated heterocycles. The van der Waals surface area contributed by atoms with Crippen LogP contribution in [0.5, 0.6) is 5.75 Å². The first-order valence-corrected chi connectivity index (χ1v) is 4.17. The fraction of sp³-hybridized carbons (Fsp3) is 0.182. The van der Waals surface area contributed by atoms with E-state index in [-0.39, 0.29) is 11.2 Å². The molecule has 0 heterocycles. The molecule has 2 nitrogen and oxygen atoms in total. The van der Waals surface area contributed by atoms with Gasteiger partial charge < -0.3 is 5.11 Å². The minimum atomic E-state index is -0.343. The van der Waals surface area contributed by atoms with E-state index in [1.165, 1.54) is 12.1 Å². The van der Waals surface area contributed by atoms with Gasteiger partial charge in [-0.05, 0) is 30.5 Å². The van der Waals surface area contributed by atoms with Crippen molar-refractivity contribution in [1.29, 1.82) is 0 Å². The maximum atomic E-state index is 11.0. The molecule has 1 aromatic carbocycles. The molecular weight excluding hydrogens is 164 g/mol. The highest BCUT2D eigenvalue weighted by atomic mass is 16.3. The van der Waals surface area contributed by atoms with Crippen LogP contribution in [0.4, 0.5) is 0 Å². The monoisotopic (exact) mass is 176 g/mol. The molecule has 0 spiro atoms. The van der Waals surface area contributed by atoms with E-state index in [1.807, 2.05) is 6.08 Å². The predicted octanol–water partition coefficient (Wildman–Crippen LogP) is 1.87. The van der Waals surface area contributed by atoms with Crippen LogP contribution < -0.4 is 5.43 Å². The average molecular weight is 176 g/mol. The van der Waals surface area contributed by atoms with Crippen LogP contribution in [0.15, 0.2) is 41.7 Å². The van der Waals surface area contributed by atoms with Gasteiger partial charge >= 0.3 is 0 Å². The normalized spacial score (nSPS) is 9.54. The molecule has 0 fully saturated rings. The Morgan fingerprint density at radius 1 is 1.31 bits per heavy atom. The lowest BCUT2D eigenvalue weighted by Crippen LogP contribution is -1.91. The summed E-state index contributed by atoms with van der Waals surface area (Å²) >= 11 is 0. The molecule has 13 heavy (non-hydrogen) atoms. The molecule has 0 atom stereocenters. The summed E-state index contributed by atoms with van der Waals surface area (Å²) in [5.41, 5.74) is 0.683. The van der Waals surface area contributed by atoms with Gasteiger partial charge in [0.05, 0.1) is 0 Å². The second-order valence-electron chi connectivity index (χ2n) is 2.82. The summed E-state index contributed by atoms with van der Waals surface area (Å²) in [5, 5.41) is 9.10. The third-order valence-electron chi connectivity index (χ3n) is 1.79. The van der Waals surface area contributed by atoms with Crippen molar-refractivity contribution in [3.8, 4) is 5.75 Å². The summed E-state index contributed by atoms with van der Waals surface area (Å²) < 4.78 is 0. The number of hydrogen-bond acceptors (Lipinski definition) is 2. The van der Waals surface area contributed by atoms with Gasteiger partial charge in [0.15, 0.2) is 5.75 Å². The van der Waals surface area contributed by atoms with Crippen LogP contribution >= 0.6 is 0 Å². The molecule has 0 saturated carbocycles. The first-order valence-electron chi connectivity index (χ1n) is 4.17. The van der Waals surface area contributed by atoms with Gasteiger partial charge in [0.2, 0.25) is 5.43 Å². The first kappa shape index (κ1) is 9.52. The van der Waals surface area contributed by atoms with Crippen molar-refractivity contribution < 1.29 is 5.11 Å². The summed E-state index contributed by atoms with van der Waals surface area (Å²) in [6.07, 6.45) is 3.54. The van der Waals surface area contributed by atoms with Crippen molar-refractivity contribution in [1.82, 2.24) is 0 Å². The van der Waals surface area contributed by atoms with Crippen LogP contribution in [-0.2, 0) is 6.42 Å². The summed E-state index contributed by atoms with van der Waals surface area (Å²) in [4.78, 5) is 11.0. The van der Waals surface area contributed by atoms with Crippen LogP contribution in [0, 0.1) is 0 Å². The molecule has 0 bridgehead atoms. The van der Waals surface area contributed by atoms with Gasteiger partial charge in [-0.2, -0.15) is 0 Å². The summed E-state index contributed by atoms with van der Waals surface area (Å²) in [5.74, 6) is -0.204. The Morgan fingerprint density at radius 3 is 2.69 bits per heavy atom. The van der Waals surface area contributed by atoms with Crippen LogP contribution in [0.2, 0.25) is 0 Å². The van der Waals surface area contributed by atoms with Gasteiger partial charge in [-0.1, -0.05) is 18.2 Å². The molecular formula is C11H12O2. The maximum absolute atomic E-state index is 11.0. The molecule has 0 amide bonds. The lowest BCUT2D eigenvalue weighted by atomic mass is 10.1. The van der Waals surface area contributed by atoms with Crippen LogP contribution in [0.1, 0.15) is 12.0 Å². The molecule has 1 N–H and O–H groups in total. The standard InChI is InChI=1S/C11H12O2/c1-2-3-4-9-5-7-10(12)11(13)8-6-9/h2,5-8H,1,3-4H2,(H,12,13). The molecule has 1 aromatic rings. The molecule has 1 rings (SSSR count). The van der Waals surface area contributed by atoms with Crippen molar-refractivity contribution in [2.75, 3.05) is 0 Å². The smallest absolute Gasteiger partial charge is 0.220 e. The highest BCUT2D eigenvalue weighted by Crippen LogP contribution is 2.04. The van der Waals surface area contributed by atoms with Gasteiger partial charge in [0, 0.05) is 0 Å². The van der Waals surface area contributed by atoms with E-state index in [0.717, 1.165) is 18.4 Å². The molecule has 0 radical (unpaired) electrons.